The predicted molar refractivity (Wildman–Crippen MR) is 100 cm³/mol. The van der Waals surface area contributed by atoms with Crippen LogP contribution < -0.4 is 4.90 Å². The molecule has 0 aliphatic heterocycles. The molecule has 0 saturated carbocycles. The Morgan fingerprint density at radius 1 is 0.577 bits per heavy atom. The van der Waals surface area contributed by atoms with E-state index in [0.29, 0.717) is 11.3 Å². The van der Waals surface area contributed by atoms with Crippen LogP contribution in [0.1, 0.15) is 22.3 Å². The molecule has 0 aromatic heterocycles. The number of hydrogen-bond donors (Lipinski definition) is 0. The van der Waals surface area contributed by atoms with Gasteiger partial charge in [0.05, 0.1) is 5.56 Å². The molecule has 4 heteroatoms. The summed E-state index contributed by atoms with van der Waals surface area (Å²) in [5.41, 5.74) is 4.24. The Kier molecular flexibility index (Phi) is 4.77. The highest BCUT2D eigenvalue weighted by molar-refractivity contribution is 5.77. The van der Waals surface area contributed by atoms with Crippen LogP contribution in [0.3, 0.4) is 0 Å². The summed E-state index contributed by atoms with van der Waals surface area (Å²) in [4.78, 5) is 1.85. The number of rotatable bonds is 3. The summed E-state index contributed by atoms with van der Waals surface area (Å²) in [6.07, 6.45) is -4.38. The molecule has 0 aliphatic rings. The summed E-state index contributed by atoms with van der Waals surface area (Å²) >= 11 is 0. The van der Waals surface area contributed by atoms with E-state index in [-0.39, 0.29) is 0 Å². The second-order valence-electron chi connectivity index (χ2n) is 6.56. The van der Waals surface area contributed by atoms with Gasteiger partial charge in [0.1, 0.15) is 0 Å². The monoisotopic (exact) mass is 355 g/mol. The molecule has 0 atom stereocenters. The van der Waals surface area contributed by atoms with Gasteiger partial charge in [0.25, 0.3) is 0 Å². The van der Waals surface area contributed by atoms with Crippen molar-refractivity contribution in [2.24, 2.45) is 0 Å². The molecule has 134 valence electrons. The van der Waals surface area contributed by atoms with E-state index in [2.05, 4.69) is 0 Å². The SMILES string of the molecule is Cc1ccc(N(c2ccc(C)cc2)c2cc(C)cc(C(F)(F)F)c2)cc1. The van der Waals surface area contributed by atoms with Gasteiger partial charge in [-0.05, 0) is 68.8 Å². The van der Waals surface area contributed by atoms with E-state index in [9.17, 15) is 13.2 Å². The summed E-state index contributed by atoms with van der Waals surface area (Å²) in [6.45, 7) is 5.64. The third-order valence-electron chi connectivity index (χ3n) is 4.23. The molecule has 26 heavy (non-hydrogen) atoms. The molecule has 3 aromatic carbocycles. The van der Waals surface area contributed by atoms with Crippen LogP contribution in [0.25, 0.3) is 0 Å². The van der Waals surface area contributed by atoms with Crippen molar-refractivity contribution >= 4 is 17.1 Å². The zero-order valence-corrected chi connectivity index (χ0v) is 14.9. The van der Waals surface area contributed by atoms with Gasteiger partial charge >= 0.3 is 6.18 Å². The van der Waals surface area contributed by atoms with Gasteiger partial charge in [0, 0.05) is 17.1 Å². The zero-order valence-electron chi connectivity index (χ0n) is 14.9. The second-order valence-corrected chi connectivity index (χ2v) is 6.56. The normalized spacial score (nSPS) is 11.5. The first kappa shape index (κ1) is 18.1. The van der Waals surface area contributed by atoms with Crippen molar-refractivity contribution in [3.05, 3.63) is 89.0 Å². The highest BCUT2D eigenvalue weighted by Crippen LogP contribution is 2.39. The predicted octanol–water partition coefficient (Wildman–Crippen LogP) is 7.10. The molecule has 0 saturated heterocycles. The Bertz CT molecular complexity index is 849. The lowest BCUT2D eigenvalue weighted by molar-refractivity contribution is -0.137. The van der Waals surface area contributed by atoms with Crippen LogP contribution in [-0.2, 0) is 6.18 Å². The first-order chi connectivity index (χ1) is 12.2. The average molecular weight is 355 g/mol. The van der Waals surface area contributed by atoms with E-state index in [0.717, 1.165) is 22.5 Å². The van der Waals surface area contributed by atoms with Crippen LogP contribution in [0.5, 0.6) is 0 Å². The van der Waals surface area contributed by atoms with E-state index >= 15 is 0 Å². The molecule has 0 fully saturated rings. The number of nitrogens with zero attached hydrogens (tertiary/aromatic N) is 1. The van der Waals surface area contributed by atoms with Crippen molar-refractivity contribution in [2.75, 3.05) is 4.90 Å². The Hall–Kier alpha value is -2.75. The van der Waals surface area contributed by atoms with Crippen LogP contribution in [-0.4, -0.2) is 0 Å². The molecule has 3 rings (SSSR count). The number of alkyl halides is 3. The maximum absolute atomic E-state index is 13.3. The van der Waals surface area contributed by atoms with E-state index < -0.39 is 11.7 Å². The molecule has 0 amide bonds. The van der Waals surface area contributed by atoms with Gasteiger partial charge in [-0.25, -0.2) is 0 Å². The topological polar surface area (TPSA) is 3.24 Å². The van der Waals surface area contributed by atoms with Gasteiger partial charge in [-0.3, -0.25) is 0 Å². The molecule has 0 radical (unpaired) electrons. The first-order valence-electron chi connectivity index (χ1n) is 8.36. The molecule has 0 bridgehead atoms. The van der Waals surface area contributed by atoms with Crippen molar-refractivity contribution in [1.82, 2.24) is 0 Å². The summed E-state index contributed by atoms with van der Waals surface area (Å²) < 4.78 is 39.9. The fraction of sp³-hybridized carbons (Fsp3) is 0.182. The number of halogens is 3. The lowest BCUT2D eigenvalue weighted by Crippen LogP contribution is -2.13. The maximum Gasteiger partial charge on any atom is 0.416 e. The van der Waals surface area contributed by atoms with Crippen LogP contribution in [0.15, 0.2) is 66.7 Å². The lowest BCUT2D eigenvalue weighted by Gasteiger charge is -2.27. The van der Waals surface area contributed by atoms with E-state index in [1.165, 1.54) is 12.1 Å². The lowest BCUT2D eigenvalue weighted by atomic mass is 10.1. The number of anilines is 3. The van der Waals surface area contributed by atoms with Crippen molar-refractivity contribution in [2.45, 2.75) is 26.9 Å². The van der Waals surface area contributed by atoms with Crippen molar-refractivity contribution < 1.29 is 13.2 Å². The van der Waals surface area contributed by atoms with Gasteiger partial charge in [-0.2, -0.15) is 13.2 Å². The highest BCUT2D eigenvalue weighted by atomic mass is 19.4. The van der Waals surface area contributed by atoms with Crippen molar-refractivity contribution in [1.29, 1.82) is 0 Å². The third kappa shape index (κ3) is 3.90. The van der Waals surface area contributed by atoms with Gasteiger partial charge < -0.3 is 4.90 Å². The quantitative estimate of drug-likeness (QED) is 0.484. The zero-order chi connectivity index (χ0) is 18.9. The fourth-order valence-corrected chi connectivity index (χ4v) is 2.89. The van der Waals surface area contributed by atoms with Gasteiger partial charge in [-0.1, -0.05) is 35.4 Å². The molecular formula is C22H20F3N. The third-order valence-corrected chi connectivity index (χ3v) is 4.23. The number of hydrogen-bond acceptors (Lipinski definition) is 1. The molecule has 1 nitrogen and oxygen atoms in total. The maximum atomic E-state index is 13.3. The Morgan fingerprint density at radius 2 is 1.04 bits per heavy atom. The van der Waals surface area contributed by atoms with E-state index in [4.69, 9.17) is 0 Å². The minimum Gasteiger partial charge on any atom is -0.310 e. The van der Waals surface area contributed by atoms with Gasteiger partial charge in [-0.15, -0.1) is 0 Å². The summed E-state index contributed by atoms with van der Waals surface area (Å²) in [5.74, 6) is 0. The summed E-state index contributed by atoms with van der Waals surface area (Å²) in [7, 11) is 0. The Labute approximate surface area is 151 Å². The van der Waals surface area contributed by atoms with E-state index in [1.807, 2.05) is 67.3 Å². The van der Waals surface area contributed by atoms with Gasteiger partial charge in [0.15, 0.2) is 0 Å². The Balaban J connectivity index is 2.19. The minimum atomic E-state index is -4.38. The van der Waals surface area contributed by atoms with Crippen molar-refractivity contribution in [3.8, 4) is 0 Å². The fourth-order valence-electron chi connectivity index (χ4n) is 2.89. The number of aryl methyl sites for hydroxylation is 3. The van der Waals surface area contributed by atoms with Crippen LogP contribution in [0, 0.1) is 20.8 Å². The van der Waals surface area contributed by atoms with Gasteiger partial charge in [0.2, 0.25) is 0 Å². The number of benzene rings is 3. The highest BCUT2D eigenvalue weighted by Gasteiger charge is 2.31. The summed E-state index contributed by atoms with van der Waals surface area (Å²) in [6, 6.07) is 19.7. The largest absolute Gasteiger partial charge is 0.416 e. The molecule has 3 aromatic rings. The molecular weight excluding hydrogens is 335 g/mol. The van der Waals surface area contributed by atoms with Crippen LogP contribution in [0.2, 0.25) is 0 Å². The average Bonchev–Trinajstić information content (AvgIpc) is 2.57. The second kappa shape index (κ2) is 6.87. The molecule has 0 spiro atoms. The summed E-state index contributed by atoms with van der Waals surface area (Å²) in [5, 5.41) is 0. The smallest absolute Gasteiger partial charge is 0.310 e. The molecule has 0 aliphatic carbocycles. The van der Waals surface area contributed by atoms with Crippen molar-refractivity contribution in [3.63, 3.8) is 0 Å². The molecule has 0 N–H and O–H groups in total. The molecule has 0 unspecified atom stereocenters. The first-order valence-corrected chi connectivity index (χ1v) is 8.36. The van der Waals surface area contributed by atoms with Crippen LogP contribution >= 0.6 is 0 Å². The van der Waals surface area contributed by atoms with E-state index in [1.54, 1.807) is 13.0 Å². The standard InChI is InChI=1S/C22H20F3N/c1-15-4-8-19(9-5-15)26(20-10-6-16(2)7-11-20)21-13-17(3)12-18(14-21)22(23,24)25/h4-14H,1-3H3. The molecule has 0 heterocycles. The Morgan fingerprint density at radius 3 is 1.46 bits per heavy atom. The minimum absolute atomic E-state index is 0.491. The van der Waals surface area contributed by atoms with Crippen LogP contribution in [0.4, 0.5) is 30.2 Å².